The molecule has 0 amide bonds. The lowest BCUT2D eigenvalue weighted by atomic mass is 10.0. The van der Waals surface area contributed by atoms with Gasteiger partial charge >= 0.3 is 0 Å². The van der Waals surface area contributed by atoms with E-state index in [0.717, 1.165) is 10.8 Å². The van der Waals surface area contributed by atoms with Gasteiger partial charge in [-0.3, -0.25) is 5.73 Å². The van der Waals surface area contributed by atoms with Crippen LogP contribution in [0.5, 0.6) is 0 Å². The van der Waals surface area contributed by atoms with Crippen LogP contribution in [-0.2, 0) is 0 Å². The summed E-state index contributed by atoms with van der Waals surface area (Å²) in [4.78, 5) is 0. The third-order valence-electron chi connectivity index (χ3n) is 0.792. The molecule has 1 unspecified atom stereocenters. The van der Waals surface area contributed by atoms with Crippen LogP contribution in [0.3, 0.4) is 0 Å². The predicted molar refractivity (Wildman–Crippen MR) is 50.0 cm³/mol. The SMILES string of the molecule is [B]C(SSCCN)C(N)(O)O. The van der Waals surface area contributed by atoms with E-state index in [4.69, 9.17) is 29.5 Å². The maximum Gasteiger partial charge on any atom is 0.224 e. The first kappa shape index (κ1) is 11.6. The third kappa shape index (κ3) is 5.83. The van der Waals surface area contributed by atoms with Crippen molar-refractivity contribution >= 4 is 29.4 Å². The zero-order chi connectivity index (χ0) is 8.91. The predicted octanol–water partition coefficient (Wildman–Crippen LogP) is -1.58. The van der Waals surface area contributed by atoms with Crippen LogP contribution in [0.2, 0.25) is 0 Å². The van der Waals surface area contributed by atoms with Crippen LogP contribution in [-0.4, -0.2) is 41.4 Å². The zero-order valence-electron chi connectivity index (χ0n) is 5.93. The molecule has 0 rings (SSSR count). The Bertz CT molecular complexity index is 111. The normalized spacial score (nSPS) is 14.9. The topological polar surface area (TPSA) is 92.5 Å². The molecule has 0 saturated heterocycles. The largest absolute Gasteiger partial charge is 0.353 e. The Balaban J connectivity index is 3.44. The number of aliphatic hydroxyl groups is 2. The summed E-state index contributed by atoms with van der Waals surface area (Å²) < 4.78 is 0. The number of hydrogen-bond donors (Lipinski definition) is 4. The molecule has 0 heterocycles. The van der Waals surface area contributed by atoms with Gasteiger partial charge in [-0.05, 0) is 0 Å². The van der Waals surface area contributed by atoms with Crippen LogP contribution in [0, 0.1) is 0 Å². The molecule has 64 valence electrons. The van der Waals surface area contributed by atoms with Crippen LogP contribution in [0.25, 0.3) is 0 Å². The van der Waals surface area contributed by atoms with Gasteiger partial charge in [0.15, 0.2) is 0 Å². The lowest BCUT2D eigenvalue weighted by molar-refractivity contribution is -0.141. The highest BCUT2D eigenvalue weighted by atomic mass is 33.1. The first-order valence-corrected chi connectivity index (χ1v) is 5.34. The molecular weight excluding hydrogens is 183 g/mol. The van der Waals surface area contributed by atoms with Crippen molar-refractivity contribution in [2.45, 2.75) is 11.1 Å². The van der Waals surface area contributed by atoms with Gasteiger partial charge in [0.25, 0.3) is 0 Å². The van der Waals surface area contributed by atoms with Gasteiger partial charge in [-0.25, -0.2) is 0 Å². The van der Waals surface area contributed by atoms with E-state index in [2.05, 4.69) is 0 Å². The summed E-state index contributed by atoms with van der Waals surface area (Å²) in [5.74, 6) is -1.61. The zero-order valence-corrected chi connectivity index (χ0v) is 7.57. The molecule has 0 saturated carbocycles. The second-order valence-corrected chi connectivity index (χ2v) is 4.54. The number of hydrogen-bond acceptors (Lipinski definition) is 6. The Morgan fingerprint density at radius 1 is 1.55 bits per heavy atom. The summed E-state index contributed by atoms with van der Waals surface area (Å²) >= 11 is 0. The van der Waals surface area contributed by atoms with E-state index in [9.17, 15) is 0 Å². The minimum atomic E-state index is -2.31. The van der Waals surface area contributed by atoms with E-state index in [0.29, 0.717) is 12.3 Å². The van der Waals surface area contributed by atoms with E-state index >= 15 is 0 Å². The first-order chi connectivity index (χ1) is 4.98. The summed E-state index contributed by atoms with van der Waals surface area (Å²) in [6.45, 7) is 0.527. The van der Waals surface area contributed by atoms with Gasteiger partial charge < -0.3 is 15.9 Å². The summed E-state index contributed by atoms with van der Waals surface area (Å²) in [6.07, 6.45) is 0. The van der Waals surface area contributed by atoms with Crippen LogP contribution in [0.4, 0.5) is 0 Å². The number of nitrogens with two attached hydrogens (primary N) is 2. The second-order valence-electron chi connectivity index (χ2n) is 1.91. The van der Waals surface area contributed by atoms with Gasteiger partial charge in [0.1, 0.15) is 0 Å². The summed E-state index contributed by atoms with van der Waals surface area (Å²) in [5.41, 5.74) is 10.1. The van der Waals surface area contributed by atoms with Crippen molar-refractivity contribution in [1.82, 2.24) is 0 Å². The minimum Gasteiger partial charge on any atom is -0.353 e. The van der Waals surface area contributed by atoms with E-state index < -0.39 is 11.1 Å². The highest BCUT2D eigenvalue weighted by molar-refractivity contribution is 8.77. The first-order valence-electron chi connectivity index (χ1n) is 2.96. The van der Waals surface area contributed by atoms with Crippen molar-refractivity contribution in [3.8, 4) is 0 Å². The fraction of sp³-hybridized carbons (Fsp3) is 1.00. The van der Waals surface area contributed by atoms with E-state index in [1.807, 2.05) is 0 Å². The Labute approximate surface area is 74.9 Å². The Kier molecular flexibility index (Phi) is 5.58. The maximum atomic E-state index is 8.73. The van der Waals surface area contributed by atoms with Crippen molar-refractivity contribution in [3.05, 3.63) is 0 Å². The Morgan fingerprint density at radius 3 is 2.45 bits per heavy atom. The van der Waals surface area contributed by atoms with Gasteiger partial charge in [-0.15, -0.1) is 0 Å². The van der Waals surface area contributed by atoms with E-state index in [1.54, 1.807) is 0 Å². The molecule has 0 bridgehead atoms. The smallest absolute Gasteiger partial charge is 0.224 e. The molecule has 4 nitrogen and oxygen atoms in total. The molecule has 0 aromatic heterocycles. The van der Waals surface area contributed by atoms with Crippen LogP contribution >= 0.6 is 21.6 Å². The molecule has 0 aliphatic carbocycles. The van der Waals surface area contributed by atoms with Crippen molar-refractivity contribution in [3.63, 3.8) is 0 Å². The Hall–Kier alpha value is 0.605. The summed E-state index contributed by atoms with van der Waals surface area (Å²) in [5, 5.41) is 16.5. The molecule has 7 heteroatoms. The van der Waals surface area contributed by atoms with Crippen LogP contribution < -0.4 is 11.5 Å². The lowest BCUT2D eigenvalue weighted by Gasteiger charge is -2.22. The molecule has 0 aromatic carbocycles. The monoisotopic (exact) mass is 194 g/mol. The molecule has 2 radical (unpaired) electrons. The molecule has 0 aliphatic rings. The molecule has 1 atom stereocenters. The standard InChI is InChI=1S/C4H11BN2O2S2/c5-3(4(7,8)9)11-10-2-1-6/h3,8-9H,1-2,6-7H2. The molecule has 0 aliphatic heterocycles. The summed E-state index contributed by atoms with van der Waals surface area (Å²) in [6, 6.07) is 0. The molecule has 0 spiro atoms. The summed E-state index contributed by atoms with van der Waals surface area (Å²) in [7, 11) is 7.72. The highest BCUT2D eigenvalue weighted by Crippen LogP contribution is 2.27. The average Bonchev–Trinajstić information content (AvgIpc) is 1.86. The van der Waals surface area contributed by atoms with Crippen molar-refractivity contribution < 1.29 is 10.2 Å². The van der Waals surface area contributed by atoms with Gasteiger partial charge in [0.2, 0.25) is 5.91 Å². The van der Waals surface area contributed by atoms with Gasteiger partial charge in [-0.1, -0.05) is 21.6 Å². The molecule has 11 heavy (non-hydrogen) atoms. The fourth-order valence-electron chi connectivity index (χ4n) is 0.240. The quantitative estimate of drug-likeness (QED) is 0.183. The molecule has 6 N–H and O–H groups in total. The van der Waals surface area contributed by atoms with Crippen LogP contribution in [0.15, 0.2) is 0 Å². The van der Waals surface area contributed by atoms with Gasteiger partial charge in [0.05, 0.1) is 7.85 Å². The fourth-order valence-corrected chi connectivity index (χ4v) is 2.16. The van der Waals surface area contributed by atoms with Gasteiger partial charge in [0, 0.05) is 17.4 Å². The van der Waals surface area contributed by atoms with Crippen molar-refractivity contribution in [2.24, 2.45) is 11.5 Å². The molecule has 0 fully saturated rings. The highest BCUT2D eigenvalue weighted by Gasteiger charge is 2.25. The maximum absolute atomic E-state index is 8.73. The van der Waals surface area contributed by atoms with Crippen molar-refractivity contribution in [1.29, 1.82) is 0 Å². The van der Waals surface area contributed by atoms with Crippen molar-refractivity contribution in [2.75, 3.05) is 12.3 Å². The van der Waals surface area contributed by atoms with E-state index in [1.165, 1.54) is 10.8 Å². The molecular formula is C4H11BN2O2S2. The van der Waals surface area contributed by atoms with Crippen LogP contribution in [0.1, 0.15) is 0 Å². The lowest BCUT2D eigenvalue weighted by Crippen LogP contribution is -2.49. The third-order valence-corrected chi connectivity index (χ3v) is 3.41. The van der Waals surface area contributed by atoms with E-state index in [-0.39, 0.29) is 0 Å². The molecule has 0 aromatic rings. The average molecular weight is 194 g/mol. The van der Waals surface area contributed by atoms with Gasteiger partial charge in [-0.2, -0.15) is 0 Å². The Morgan fingerprint density at radius 2 is 2.09 bits per heavy atom. The number of rotatable bonds is 5. The minimum absolute atomic E-state index is 0.527. The second kappa shape index (κ2) is 5.29.